The lowest BCUT2D eigenvalue weighted by Gasteiger charge is -2.14. The van der Waals surface area contributed by atoms with Crippen LogP contribution >= 0.6 is 0 Å². The standard InChI is InChI=1S/C16H14N2O/c1-2-15-17-16(19)13-10-6-7-11-14(13)18(15)12-8-4-3-5-9-12/h3-11H,2H2,1H3. The summed E-state index contributed by atoms with van der Waals surface area (Å²) in [7, 11) is 0. The van der Waals surface area contributed by atoms with Crippen molar-refractivity contribution >= 4 is 10.9 Å². The molecule has 1 heterocycles. The fourth-order valence-corrected chi connectivity index (χ4v) is 2.32. The van der Waals surface area contributed by atoms with Crippen molar-refractivity contribution in [1.29, 1.82) is 0 Å². The van der Waals surface area contributed by atoms with E-state index in [1.165, 1.54) is 0 Å². The molecule has 0 N–H and O–H groups in total. The second-order valence-corrected chi connectivity index (χ2v) is 4.37. The fraction of sp³-hybridized carbons (Fsp3) is 0.125. The van der Waals surface area contributed by atoms with Gasteiger partial charge in [-0.3, -0.25) is 9.36 Å². The van der Waals surface area contributed by atoms with Crippen molar-refractivity contribution in [3.8, 4) is 5.69 Å². The molecule has 1 aromatic heterocycles. The first kappa shape index (κ1) is 11.7. The van der Waals surface area contributed by atoms with Gasteiger partial charge in [-0.15, -0.1) is 0 Å². The molecule has 0 saturated heterocycles. The molecule has 0 aliphatic rings. The molecule has 94 valence electrons. The van der Waals surface area contributed by atoms with Gasteiger partial charge in [-0.05, 0) is 24.3 Å². The van der Waals surface area contributed by atoms with Crippen molar-refractivity contribution in [2.45, 2.75) is 13.3 Å². The van der Waals surface area contributed by atoms with Gasteiger partial charge in [0.25, 0.3) is 5.56 Å². The molecule has 0 aliphatic heterocycles. The van der Waals surface area contributed by atoms with Gasteiger partial charge in [0.1, 0.15) is 5.82 Å². The first-order chi connectivity index (χ1) is 9.31. The summed E-state index contributed by atoms with van der Waals surface area (Å²) in [4.78, 5) is 16.2. The molecule has 0 unspecified atom stereocenters. The first-order valence-electron chi connectivity index (χ1n) is 6.37. The summed E-state index contributed by atoms with van der Waals surface area (Å²) in [5, 5.41) is 0.656. The number of benzene rings is 2. The smallest absolute Gasteiger partial charge is 0.280 e. The van der Waals surface area contributed by atoms with Gasteiger partial charge < -0.3 is 0 Å². The summed E-state index contributed by atoms with van der Waals surface area (Å²) in [6.07, 6.45) is 0.717. The third-order valence-electron chi connectivity index (χ3n) is 3.19. The van der Waals surface area contributed by atoms with E-state index in [0.717, 1.165) is 23.4 Å². The largest absolute Gasteiger partial charge is 0.298 e. The number of para-hydroxylation sites is 2. The predicted molar refractivity (Wildman–Crippen MR) is 76.7 cm³/mol. The van der Waals surface area contributed by atoms with Crippen LogP contribution in [-0.2, 0) is 6.42 Å². The molecule has 3 nitrogen and oxygen atoms in total. The van der Waals surface area contributed by atoms with Crippen molar-refractivity contribution in [3.05, 3.63) is 70.8 Å². The molecule has 0 radical (unpaired) electrons. The van der Waals surface area contributed by atoms with Crippen LogP contribution in [0.4, 0.5) is 0 Å². The first-order valence-corrected chi connectivity index (χ1v) is 6.37. The Morgan fingerprint density at radius 1 is 1.00 bits per heavy atom. The minimum absolute atomic E-state index is 0.153. The Morgan fingerprint density at radius 2 is 1.68 bits per heavy atom. The van der Waals surface area contributed by atoms with Crippen LogP contribution in [0.15, 0.2) is 59.4 Å². The molecule has 0 saturated carbocycles. The number of aryl methyl sites for hydroxylation is 1. The van der Waals surface area contributed by atoms with Crippen LogP contribution in [0.3, 0.4) is 0 Å². The van der Waals surface area contributed by atoms with Gasteiger partial charge in [0.15, 0.2) is 0 Å². The molecule has 3 aromatic rings. The maximum atomic E-state index is 12.0. The van der Waals surface area contributed by atoms with Crippen molar-refractivity contribution in [3.63, 3.8) is 0 Å². The summed E-state index contributed by atoms with van der Waals surface area (Å²) in [6.45, 7) is 2.01. The summed E-state index contributed by atoms with van der Waals surface area (Å²) in [6, 6.07) is 17.6. The summed E-state index contributed by atoms with van der Waals surface area (Å²) < 4.78 is 2.05. The Balaban J connectivity index is 2.46. The van der Waals surface area contributed by atoms with Crippen LogP contribution in [0, 0.1) is 0 Å². The Morgan fingerprint density at radius 3 is 2.42 bits per heavy atom. The third-order valence-corrected chi connectivity index (χ3v) is 3.19. The highest BCUT2D eigenvalue weighted by atomic mass is 16.1. The lowest BCUT2D eigenvalue weighted by Crippen LogP contribution is -2.17. The van der Waals surface area contributed by atoms with E-state index >= 15 is 0 Å². The Hall–Kier alpha value is -2.42. The quantitative estimate of drug-likeness (QED) is 0.701. The number of nitrogens with zero attached hydrogens (tertiary/aromatic N) is 2. The van der Waals surface area contributed by atoms with Crippen molar-refractivity contribution in [2.24, 2.45) is 0 Å². The zero-order valence-electron chi connectivity index (χ0n) is 10.7. The maximum Gasteiger partial charge on any atom is 0.280 e. The van der Waals surface area contributed by atoms with Crippen LogP contribution in [-0.4, -0.2) is 9.55 Å². The van der Waals surface area contributed by atoms with E-state index in [4.69, 9.17) is 0 Å². The average Bonchev–Trinajstić information content (AvgIpc) is 2.48. The van der Waals surface area contributed by atoms with E-state index in [0.29, 0.717) is 5.39 Å². The second kappa shape index (κ2) is 4.69. The Kier molecular flexibility index (Phi) is 2.88. The Labute approximate surface area is 111 Å². The average molecular weight is 250 g/mol. The maximum absolute atomic E-state index is 12.0. The minimum Gasteiger partial charge on any atom is -0.298 e. The van der Waals surface area contributed by atoms with Crippen LogP contribution in [0.1, 0.15) is 12.7 Å². The van der Waals surface area contributed by atoms with Gasteiger partial charge in [0, 0.05) is 12.1 Å². The molecule has 0 spiro atoms. The van der Waals surface area contributed by atoms with Gasteiger partial charge in [0.05, 0.1) is 10.9 Å². The minimum atomic E-state index is -0.153. The molecule has 0 atom stereocenters. The number of hydrogen-bond donors (Lipinski definition) is 0. The highest BCUT2D eigenvalue weighted by Crippen LogP contribution is 2.17. The molecule has 0 amide bonds. The molecule has 3 heteroatoms. The summed E-state index contributed by atoms with van der Waals surface area (Å²) in [5.41, 5.74) is 1.79. The highest BCUT2D eigenvalue weighted by molar-refractivity contribution is 5.79. The predicted octanol–water partition coefficient (Wildman–Crippen LogP) is 2.95. The van der Waals surface area contributed by atoms with E-state index in [1.54, 1.807) is 0 Å². The van der Waals surface area contributed by atoms with Crippen LogP contribution < -0.4 is 5.56 Å². The normalized spacial score (nSPS) is 10.8. The van der Waals surface area contributed by atoms with E-state index in [2.05, 4.69) is 9.55 Å². The summed E-state index contributed by atoms with van der Waals surface area (Å²) >= 11 is 0. The highest BCUT2D eigenvalue weighted by Gasteiger charge is 2.10. The van der Waals surface area contributed by atoms with Gasteiger partial charge in [-0.1, -0.05) is 37.3 Å². The van der Waals surface area contributed by atoms with Crippen LogP contribution in [0.5, 0.6) is 0 Å². The van der Waals surface area contributed by atoms with Crippen molar-refractivity contribution < 1.29 is 0 Å². The lowest BCUT2D eigenvalue weighted by atomic mass is 10.2. The molecule has 19 heavy (non-hydrogen) atoms. The fourth-order valence-electron chi connectivity index (χ4n) is 2.32. The molecule has 0 bridgehead atoms. The number of rotatable bonds is 2. The number of aromatic nitrogens is 2. The SMILES string of the molecule is CCc1nc(=O)c2ccccc2n1-c1ccccc1. The number of hydrogen-bond acceptors (Lipinski definition) is 2. The van der Waals surface area contributed by atoms with Gasteiger partial charge >= 0.3 is 0 Å². The van der Waals surface area contributed by atoms with E-state index in [1.807, 2.05) is 61.5 Å². The molecule has 0 aliphatic carbocycles. The summed E-state index contributed by atoms with van der Waals surface area (Å²) in [5.74, 6) is 0.787. The molecule has 0 fully saturated rings. The molecular formula is C16H14N2O. The third kappa shape index (κ3) is 1.93. The molecule has 2 aromatic carbocycles. The molecular weight excluding hydrogens is 236 g/mol. The van der Waals surface area contributed by atoms with Crippen molar-refractivity contribution in [2.75, 3.05) is 0 Å². The van der Waals surface area contributed by atoms with Crippen molar-refractivity contribution in [1.82, 2.24) is 9.55 Å². The Bertz CT molecular complexity index is 776. The zero-order valence-corrected chi connectivity index (χ0v) is 10.7. The van der Waals surface area contributed by atoms with Crippen LogP contribution in [0.2, 0.25) is 0 Å². The van der Waals surface area contributed by atoms with E-state index in [9.17, 15) is 4.79 Å². The van der Waals surface area contributed by atoms with E-state index < -0.39 is 0 Å². The van der Waals surface area contributed by atoms with Gasteiger partial charge in [-0.25, -0.2) is 0 Å². The van der Waals surface area contributed by atoms with Gasteiger partial charge in [-0.2, -0.15) is 4.98 Å². The van der Waals surface area contributed by atoms with Gasteiger partial charge in [0.2, 0.25) is 0 Å². The van der Waals surface area contributed by atoms with Crippen LogP contribution in [0.25, 0.3) is 16.6 Å². The molecule has 3 rings (SSSR count). The lowest BCUT2D eigenvalue weighted by molar-refractivity contribution is 0.858. The topological polar surface area (TPSA) is 34.9 Å². The zero-order chi connectivity index (χ0) is 13.2. The number of fused-ring (bicyclic) bond motifs is 1. The van der Waals surface area contributed by atoms with E-state index in [-0.39, 0.29) is 5.56 Å². The monoisotopic (exact) mass is 250 g/mol. The second-order valence-electron chi connectivity index (χ2n) is 4.37.